The molecule has 0 aromatic rings. The topological polar surface area (TPSA) is 98.2 Å². The quantitative estimate of drug-likeness (QED) is 0.520. The minimum absolute atomic E-state index is 0.171. The molecule has 0 aliphatic heterocycles. The number of rotatable bonds is 5. The molecule has 5 nitrogen and oxygen atoms in total. The highest BCUT2D eigenvalue weighted by molar-refractivity contribution is 5.80. The summed E-state index contributed by atoms with van der Waals surface area (Å²) in [5.74, 6) is -0.855. The Hall–Kier alpha value is -1.10. The number of amides is 2. The second-order valence-corrected chi connectivity index (χ2v) is 3.80. The smallest absolute Gasteiger partial charge is 0.234 e. The maximum absolute atomic E-state index is 10.7. The van der Waals surface area contributed by atoms with E-state index in [1.807, 2.05) is 0 Å². The number of hydrogen-bond acceptors (Lipinski definition) is 3. The van der Waals surface area contributed by atoms with Crippen LogP contribution >= 0.6 is 0 Å². The summed E-state index contributed by atoms with van der Waals surface area (Å²) in [6.45, 7) is 5.22. The van der Waals surface area contributed by atoms with Crippen molar-refractivity contribution in [3.05, 3.63) is 0 Å². The van der Waals surface area contributed by atoms with Gasteiger partial charge in [0.15, 0.2) is 0 Å². The molecule has 1 atom stereocenters. The summed E-state index contributed by atoms with van der Waals surface area (Å²) in [4.78, 5) is 21.3. The van der Waals surface area contributed by atoms with Crippen molar-refractivity contribution in [2.45, 2.75) is 38.8 Å². The highest BCUT2D eigenvalue weighted by Crippen LogP contribution is 2.08. The number of nitrogens with one attached hydrogen (secondary N) is 1. The van der Waals surface area contributed by atoms with Crippen LogP contribution in [0, 0.1) is 0 Å². The highest BCUT2D eigenvalue weighted by atomic mass is 16.1. The van der Waals surface area contributed by atoms with E-state index in [4.69, 9.17) is 11.5 Å². The average molecular weight is 187 g/mol. The van der Waals surface area contributed by atoms with Gasteiger partial charge in [0.2, 0.25) is 11.8 Å². The molecule has 0 fully saturated rings. The van der Waals surface area contributed by atoms with Crippen LogP contribution in [0.25, 0.3) is 0 Å². The van der Waals surface area contributed by atoms with Gasteiger partial charge in [-0.25, -0.2) is 0 Å². The molecule has 0 heterocycles. The minimum atomic E-state index is -0.500. The van der Waals surface area contributed by atoms with Crippen molar-refractivity contribution in [1.82, 2.24) is 5.32 Å². The van der Waals surface area contributed by atoms with Gasteiger partial charge in [-0.05, 0) is 20.8 Å². The van der Waals surface area contributed by atoms with E-state index in [1.54, 1.807) is 20.8 Å². The third-order valence-corrected chi connectivity index (χ3v) is 1.65. The van der Waals surface area contributed by atoms with E-state index < -0.39 is 23.4 Å². The maximum Gasteiger partial charge on any atom is 0.234 e. The highest BCUT2D eigenvalue weighted by Gasteiger charge is 2.24. The van der Waals surface area contributed by atoms with Crippen LogP contribution in [-0.4, -0.2) is 23.4 Å². The van der Waals surface area contributed by atoms with E-state index in [2.05, 4.69) is 5.32 Å². The third-order valence-electron chi connectivity index (χ3n) is 1.65. The van der Waals surface area contributed by atoms with E-state index >= 15 is 0 Å². The van der Waals surface area contributed by atoms with Crippen LogP contribution in [0.2, 0.25) is 0 Å². The van der Waals surface area contributed by atoms with Crippen molar-refractivity contribution in [2.75, 3.05) is 0 Å². The molecule has 0 aliphatic rings. The lowest BCUT2D eigenvalue weighted by Crippen LogP contribution is -2.51. The van der Waals surface area contributed by atoms with Crippen LogP contribution in [0.1, 0.15) is 27.2 Å². The molecule has 1 unspecified atom stereocenters. The lowest BCUT2D eigenvalue weighted by molar-refractivity contribution is -0.122. The Bertz CT molecular complexity index is 213. The standard InChI is InChI=1S/C8H17N3O2/c1-5(7(10)13)11-8(2,3)4-6(9)12/h5,11H,4H2,1-3H3,(H2,9,12)(H2,10,13). The van der Waals surface area contributed by atoms with Crippen molar-refractivity contribution in [3.8, 4) is 0 Å². The van der Waals surface area contributed by atoms with Gasteiger partial charge in [-0.3, -0.25) is 9.59 Å². The second kappa shape index (κ2) is 4.23. The molecule has 0 aliphatic carbocycles. The molecule has 76 valence electrons. The monoisotopic (exact) mass is 187 g/mol. The van der Waals surface area contributed by atoms with Crippen LogP contribution in [-0.2, 0) is 9.59 Å². The molecule has 13 heavy (non-hydrogen) atoms. The molecule has 0 spiro atoms. The molecule has 0 aromatic carbocycles. The summed E-state index contributed by atoms with van der Waals surface area (Å²) in [6, 6.07) is -0.464. The largest absolute Gasteiger partial charge is 0.370 e. The molecule has 0 bridgehead atoms. The Labute approximate surface area is 77.8 Å². The number of primary amides is 2. The Balaban J connectivity index is 4.16. The van der Waals surface area contributed by atoms with Gasteiger partial charge < -0.3 is 16.8 Å². The Morgan fingerprint density at radius 1 is 1.38 bits per heavy atom. The summed E-state index contributed by atoms with van der Waals surface area (Å²) in [7, 11) is 0. The second-order valence-electron chi connectivity index (χ2n) is 3.80. The van der Waals surface area contributed by atoms with Gasteiger partial charge in [0.25, 0.3) is 0 Å². The van der Waals surface area contributed by atoms with Gasteiger partial charge in [0.1, 0.15) is 0 Å². The van der Waals surface area contributed by atoms with Crippen molar-refractivity contribution in [2.24, 2.45) is 11.5 Å². The summed E-state index contributed by atoms with van der Waals surface area (Å²) >= 11 is 0. The zero-order valence-corrected chi connectivity index (χ0v) is 8.26. The molecular formula is C8H17N3O2. The zero-order chi connectivity index (χ0) is 10.6. The summed E-state index contributed by atoms with van der Waals surface area (Å²) in [5.41, 5.74) is 9.59. The van der Waals surface area contributed by atoms with E-state index in [0.717, 1.165) is 0 Å². The lowest BCUT2D eigenvalue weighted by atomic mass is 9.99. The first-order valence-electron chi connectivity index (χ1n) is 4.10. The van der Waals surface area contributed by atoms with Crippen LogP contribution in [0.15, 0.2) is 0 Å². The van der Waals surface area contributed by atoms with E-state index in [9.17, 15) is 9.59 Å². The van der Waals surface area contributed by atoms with Gasteiger partial charge in [0, 0.05) is 12.0 Å². The maximum atomic E-state index is 10.7. The fourth-order valence-electron chi connectivity index (χ4n) is 1.14. The van der Waals surface area contributed by atoms with Gasteiger partial charge in [0.05, 0.1) is 6.04 Å². The van der Waals surface area contributed by atoms with Gasteiger partial charge in [-0.15, -0.1) is 0 Å². The predicted molar refractivity (Wildman–Crippen MR) is 49.7 cm³/mol. The first-order chi connectivity index (χ1) is 5.74. The van der Waals surface area contributed by atoms with Crippen LogP contribution in [0.3, 0.4) is 0 Å². The lowest BCUT2D eigenvalue weighted by Gasteiger charge is -2.27. The van der Waals surface area contributed by atoms with Crippen molar-refractivity contribution in [3.63, 3.8) is 0 Å². The molecule has 5 N–H and O–H groups in total. The molecule has 0 radical (unpaired) electrons. The summed E-state index contributed by atoms with van der Waals surface area (Å²) in [6.07, 6.45) is 0.171. The Morgan fingerprint density at radius 2 is 1.85 bits per heavy atom. The van der Waals surface area contributed by atoms with Crippen molar-refractivity contribution < 1.29 is 9.59 Å². The normalized spacial score (nSPS) is 13.8. The fourth-order valence-corrected chi connectivity index (χ4v) is 1.14. The molecule has 5 heteroatoms. The first-order valence-corrected chi connectivity index (χ1v) is 4.10. The van der Waals surface area contributed by atoms with E-state index in [-0.39, 0.29) is 6.42 Å². The van der Waals surface area contributed by atoms with Crippen molar-refractivity contribution >= 4 is 11.8 Å². The first kappa shape index (κ1) is 11.9. The molecule has 0 saturated heterocycles. The molecule has 2 amide bonds. The SMILES string of the molecule is CC(NC(C)(C)CC(N)=O)C(N)=O. The van der Waals surface area contributed by atoms with Crippen LogP contribution in [0.4, 0.5) is 0 Å². The van der Waals surface area contributed by atoms with Crippen molar-refractivity contribution in [1.29, 1.82) is 0 Å². The molecule has 0 saturated carbocycles. The third kappa shape index (κ3) is 5.19. The summed E-state index contributed by atoms with van der Waals surface area (Å²) in [5, 5.41) is 2.91. The minimum Gasteiger partial charge on any atom is -0.370 e. The number of carbonyl (C=O) groups is 2. The number of nitrogens with two attached hydrogens (primary N) is 2. The number of carbonyl (C=O) groups excluding carboxylic acids is 2. The van der Waals surface area contributed by atoms with Gasteiger partial charge in [-0.2, -0.15) is 0 Å². The number of hydrogen-bond donors (Lipinski definition) is 3. The molecule has 0 aromatic heterocycles. The summed E-state index contributed by atoms with van der Waals surface area (Å²) < 4.78 is 0. The van der Waals surface area contributed by atoms with E-state index in [1.165, 1.54) is 0 Å². The molecular weight excluding hydrogens is 170 g/mol. The van der Waals surface area contributed by atoms with Crippen LogP contribution < -0.4 is 16.8 Å². The van der Waals surface area contributed by atoms with Gasteiger partial charge >= 0.3 is 0 Å². The fraction of sp³-hybridized carbons (Fsp3) is 0.750. The van der Waals surface area contributed by atoms with Crippen LogP contribution in [0.5, 0.6) is 0 Å². The Morgan fingerprint density at radius 3 is 2.15 bits per heavy atom. The average Bonchev–Trinajstić information content (AvgIpc) is 1.81. The predicted octanol–water partition coefficient (Wildman–Crippen LogP) is -0.896. The Kier molecular flexibility index (Phi) is 3.87. The van der Waals surface area contributed by atoms with E-state index in [0.29, 0.717) is 0 Å². The van der Waals surface area contributed by atoms with Gasteiger partial charge in [-0.1, -0.05) is 0 Å². The zero-order valence-electron chi connectivity index (χ0n) is 8.26. The molecule has 0 rings (SSSR count).